The summed E-state index contributed by atoms with van der Waals surface area (Å²) in [6.45, 7) is 3.89. The highest BCUT2D eigenvalue weighted by atomic mass is 35.7. The maximum absolute atomic E-state index is 6.00. The molecule has 0 rings (SSSR count). The normalized spacial score (nSPS) is 17.4. The summed E-state index contributed by atoms with van der Waals surface area (Å²) in [6, 6.07) is 0. The van der Waals surface area contributed by atoms with Crippen molar-refractivity contribution in [2.75, 3.05) is 40.9 Å². The number of rotatable bonds is 4. The van der Waals surface area contributed by atoms with E-state index in [0.29, 0.717) is 0 Å². The molecule has 0 aromatic rings. The van der Waals surface area contributed by atoms with Gasteiger partial charge in [0.15, 0.2) is 0 Å². The molecule has 0 saturated heterocycles. The molecule has 0 radical (unpaired) electrons. The third-order valence-electron chi connectivity index (χ3n) is 1.48. The molecule has 0 spiro atoms. The number of hydrogen-bond acceptors (Lipinski definition) is 2. The molecule has 0 N–H and O–H groups in total. The van der Waals surface area contributed by atoms with Gasteiger partial charge in [0.1, 0.15) is 0 Å². The predicted molar refractivity (Wildman–Crippen MR) is 57.2 cm³/mol. The molecule has 0 heterocycles. The Bertz CT molecular complexity index is 157. The second kappa shape index (κ2) is 4.78. The van der Waals surface area contributed by atoms with Crippen molar-refractivity contribution in [2.45, 2.75) is 0 Å². The van der Waals surface area contributed by atoms with Crippen LogP contribution >= 0.6 is 16.8 Å². The molecular weight excluding hydrogens is 199 g/mol. The van der Waals surface area contributed by atoms with Crippen molar-refractivity contribution in [2.24, 2.45) is 0 Å². The third kappa shape index (κ3) is 6.06. The van der Waals surface area contributed by atoms with Crippen LogP contribution in [0, 0.1) is 0 Å². The highest BCUT2D eigenvalue weighted by Crippen LogP contribution is 2.49. The molecular formula is C6H16ClN2PS. The predicted octanol–water partition coefficient (Wildman–Crippen LogP) is 1.66. The van der Waals surface area contributed by atoms with Crippen molar-refractivity contribution in [1.29, 1.82) is 0 Å². The van der Waals surface area contributed by atoms with Crippen molar-refractivity contribution >= 4 is 28.6 Å². The molecule has 68 valence electrons. The van der Waals surface area contributed by atoms with Gasteiger partial charge < -0.3 is 4.90 Å². The Balaban J connectivity index is 3.71. The van der Waals surface area contributed by atoms with Crippen molar-refractivity contribution < 1.29 is 0 Å². The largest absolute Gasteiger partial charge is 0.308 e. The quantitative estimate of drug-likeness (QED) is 0.658. The third-order valence-corrected chi connectivity index (χ3v) is 4.51. The second-order valence-electron chi connectivity index (χ2n) is 2.96. The van der Waals surface area contributed by atoms with E-state index >= 15 is 0 Å². The van der Waals surface area contributed by atoms with Gasteiger partial charge in [0.25, 0.3) is 0 Å². The van der Waals surface area contributed by atoms with E-state index in [0.717, 1.165) is 13.1 Å². The fourth-order valence-corrected chi connectivity index (χ4v) is 1.44. The van der Waals surface area contributed by atoms with Crippen LogP contribution in [0.25, 0.3) is 0 Å². The minimum atomic E-state index is -1.70. The first-order valence-electron chi connectivity index (χ1n) is 3.47. The lowest BCUT2D eigenvalue weighted by Crippen LogP contribution is -2.25. The van der Waals surface area contributed by atoms with Crippen LogP contribution in [-0.4, -0.2) is 50.5 Å². The Hall–Kier alpha value is 0.860. The lowest BCUT2D eigenvalue weighted by molar-refractivity contribution is 0.370. The molecule has 0 aromatic carbocycles. The average molecular weight is 215 g/mol. The summed E-state index contributed by atoms with van der Waals surface area (Å²) >= 11 is 11.1. The van der Waals surface area contributed by atoms with Gasteiger partial charge in [-0.05, 0) is 27.8 Å². The molecule has 0 aliphatic heterocycles. The summed E-state index contributed by atoms with van der Waals surface area (Å²) in [5.41, 5.74) is -1.70. The monoisotopic (exact) mass is 214 g/mol. The molecule has 0 fully saturated rings. The van der Waals surface area contributed by atoms with Gasteiger partial charge in [-0.25, -0.2) is 0 Å². The van der Waals surface area contributed by atoms with E-state index in [-0.39, 0.29) is 0 Å². The Kier molecular flexibility index (Phi) is 5.16. The van der Waals surface area contributed by atoms with Gasteiger partial charge in [-0.3, -0.25) is 4.67 Å². The van der Waals surface area contributed by atoms with Gasteiger partial charge in [-0.2, -0.15) is 0 Å². The molecule has 0 amide bonds. The molecule has 1 unspecified atom stereocenters. The summed E-state index contributed by atoms with van der Waals surface area (Å²) in [7, 11) is 6.07. The number of hydrogen-bond donors (Lipinski definition) is 0. The van der Waals surface area contributed by atoms with Gasteiger partial charge in [0.05, 0.1) is 5.54 Å². The van der Waals surface area contributed by atoms with E-state index in [1.807, 2.05) is 27.8 Å². The molecule has 0 saturated carbocycles. The standard InChI is InChI=1S/C6H16ClN2PS/c1-8(2)5-6-9(3)10(4,7)11/h5-6H2,1-4H3. The molecule has 5 heteroatoms. The fourth-order valence-electron chi connectivity index (χ4n) is 0.523. The zero-order valence-corrected chi connectivity index (χ0v) is 10.0. The zero-order valence-electron chi connectivity index (χ0n) is 7.54. The summed E-state index contributed by atoms with van der Waals surface area (Å²) < 4.78 is 2.06. The van der Waals surface area contributed by atoms with Gasteiger partial charge in [-0.15, -0.1) is 0 Å². The summed E-state index contributed by atoms with van der Waals surface area (Å²) in [6.07, 6.45) is 0. The Labute approximate surface area is 79.4 Å². The maximum atomic E-state index is 6.00. The van der Waals surface area contributed by atoms with Crippen molar-refractivity contribution in [3.05, 3.63) is 0 Å². The van der Waals surface area contributed by atoms with E-state index in [1.165, 1.54) is 0 Å². The van der Waals surface area contributed by atoms with Crippen molar-refractivity contribution in [3.8, 4) is 0 Å². The topological polar surface area (TPSA) is 6.48 Å². The van der Waals surface area contributed by atoms with E-state index < -0.39 is 5.54 Å². The average Bonchev–Trinajstić information content (AvgIpc) is 1.80. The Morgan fingerprint density at radius 3 is 2.00 bits per heavy atom. The molecule has 1 atom stereocenters. The SMILES string of the molecule is CN(C)CCN(C)P(C)(=S)Cl. The lowest BCUT2D eigenvalue weighted by Gasteiger charge is -2.23. The van der Waals surface area contributed by atoms with Crippen LogP contribution in [0.15, 0.2) is 0 Å². The van der Waals surface area contributed by atoms with Crippen LogP contribution in [0.2, 0.25) is 0 Å². The van der Waals surface area contributed by atoms with Crippen LogP contribution < -0.4 is 0 Å². The number of likely N-dealkylation sites (N-methyl/N-ethyl adjacent to an activating group) is 2. The van der Waals surface area contributed by atoms with Crippen LogP contribution in [0.4, 0.5) is 0 Å². The molecule has 0 aliphatic carbocycles. The Morgan fingerprint density at radius 2 is 1.73 bits per heavy atom. The maximum Gasteiger partial charge on any atom is 0.0955 e. The molecule has 11 heavy (non-hydrogen) atoms. The zero-order chi connectivity index (χ0) is 9.07. The summed E-state index contributed by atoms with van der Waals surface area (Å²) in [5.74, 6) is 0. The van der Waals surface area contributed by atoms with Crippen molar-refractivity contribution in [3.63, 3.8) is 0 Å². The molecule has 0 aromatic heterocycles. The molecule has 0 bridgehead atoms. The summed E-state index contributed by atoms with van der Waals surface area (Å²) in [4.78, 5) is 2.12. The smallest absolute Gasteiger partial charge is 0.0955 e. The van der Waals surface area contributed by atoms with Gasteiger partial charge in [0.2, 0.25) is 0 Å². The van der Waals surface area contributed by atoms with Crippen LogP contribution in [0.1, 0.15) is 0 Å². The van der Waals surface area contributed by atoms with Crippen LogP contribution in [-0.2, 0) is 11.8 Å². The minimum absolute atomic E-state index is 0.949. The van der Waals surface area contributed by atoms with Gasteiger partial charge in [0, 0.05) is 13.1 Å². The number of nitrogens with zero attached hydrogens (tertiary/aromatic N) is 2. The van der Waals surface area contributed by atoms with E-state index in [4.69, 9.17) is 23.0 Å². The lowest BCUT2D eigenvalue weighted by atomic mass is 10.6. The van der Waals surface area contributed by atoms with E-state index in [2.05, 4.69) is 9.57 Å². The molecule has 2 nitrogen and oxygen atoms in total. The molecule has 0 aliphatic rings. The van der Waals surface area contributed by atoms with Crippen molar-refractivity contribution in [1.82, 2.24) is 9.57 Å². The highest BCUT2D eigenvalue weighted by molar-refractivity contribution is 8.25. The van der Waals surface area contributed by atoms with E-state index in [1.54, 1.807) is 0 Å². The van der Waals surface area contributed by atoms with Crippen LogP contribution in [0.5, 0.6) is 0 Å². The second-order valence-corrected chi connectivity index (χ2v) is 9.91. The summed E-state index contributed by atoms with van der Waals surface area (Å²) in [5, 5.41) is 0. The minimum Gasteiger partial charge on any atom is -0.308 e. The highest BCUT2D eigenvalue weighted by Gasteiger charge is 2.11. The fraction of sp³-hybridized carbons (Fsp3) is 1.00. The van der Waals surface area contributed by atoms with Crippen LogP contribution in [0.3, 0.4) is 0 Å². The van der Waals surface area contributed by atoms with Gasteiger partial charge in [-0.1, -0.05) is 23.0 Å². The first-order chi connectivity index (χ1) is 4.84. The number of halogens is 1. The van der Waals surface area contributed by atoms with Gasteiger partial charge >= 0.3 is 0 Å². The first-order valence-corrected chi connectivity index (χ1v) is 7.58. The first kappa shape index (κ1) is 11.9. The Morgan fingerprint density at radius 1 is 1.27 bits per heavy atom. The van der Waals surface area contributed by atoms with E-state index in [9.17, 15) is 0 Å².